The molecule has 1 aromatic carbocycles. The molecule has 0 atom stereocenters. The number of nitrogens with one attached hydrogen (secondary N) is 1. The predicted molar refractivity (Wildman–Crippen MR) is 62.9 cm³/mol. The molecule has 0 bridgehead atoms. The van der Waals surface area contributed by atoms with E-state index in [-0.39, 0.29) is 10.7 Å². The lowest BCUT2D eigenvalue weighted by Crippen LogP contribution is -2.10. The Morgan fingerprint density at radius 3 is 2.61 bits per heavy atom. The quantitative estimate of drug-likeness (QED) is 0.902. The van der Waals surface area contributed by atoms with E-state index < -0.39 is 11.7 Å². The SMILES string of the molecule is Cn1ccnc1Nc1ccc(Cl)cc1C(F)(F)F. The highest BCUT2D eigenvalue weighted by atomic mass is 35.5. The largest absolute Gasteiger partial charge is 0.418 e. The fourth-order valence-corrected chi connectivity index (χ4v) is 1.64. The van der Waals surface area contributed by atoms with Gasteiger partial charge in [-0.2, -0.15) is 13.2 Å². The monoisotopic (exact) mass is 275 g/mol. The number of aromatic nitrogens is 2. The van der Waals surface area contributed by atoms with Crippen molar-refractivity contribution in [2.45, 2.75) is 6.18 Å². The highest BCUT2D eigenvalue weighted by Gasteiger charge is 2.34. The summed E-state index contributed by atoms with van der Waals surface area (Å²) in [5.41, 5.74) is -0.904. The first-order valence-electron chi connectivity index (χ1n) is 4.99. The molecule has 1 N–H and O–H groups in total. The van der Waals surface area contributed by atoms with Crippen molar-refractivity contribution in [1.82, 2.24) is 9.55 Å². The van der Waals surface area contributed by atoms with Gasteiger partial charge in [0.05, 0.1) is 11.3 Å². The smallest absolute Gasteiger partial charge is 0.325 e. The van der Waals surface area contributed by atoms with Crippen molar-refractivity contribution in [3.05, 3.63) is 41.2 Å². The van der Waals surface area contributed by atoms with Crippen LogP contribution in [0.4, 0.5) is 24.8 Å². The fraction of sp³-hybridized carbons (Fsp3) is 0.182. The number of benzene rings is 1. The third kappa shape index (κ3) is 2.59. The Morgan fingerprint density at radius 2 is 2.06 bits per heavy atom. The van der Waals surface area contributed by atoms with Crippen molar-refractivity contribution in [2.24, 2.45) is 7.05 Å². The zero-order chi connectivity index (χ0) is 13.3. The Hall–Kier alpha value is -1.69. The van der Waals surface area contributed by atoms with E-state index in [1.807, 2.05) is 0 Å². The second kappa shape index (κ2) is 4.53. The summed E-state index contributed by atoms with van der Waals surface area (Å²) in [7, 11) is 1.68. The fourth-order valence-electron chi connectivity index (χ4n) is 1.47. The number of rotatable bonds is 2. The standard InChI is InChI=1S/C11H9ClF3N3/c1-18-5-4-16-10(18)17-9-3-2-7(12)6-8(9)11(13,14)15/h2-6H,1H3,(H,16,17). The molecule has 0 spiro atoms. The number of anilines is 2. The normalized spacial score (nSPS) is 11.6. The molecule has 2 aromatic rings. The van der Waals surface area contributed by atoms with E-state index in [1.165, 1.54) is 18.3 Å². The van der Waals surface area contributed by atoms with Crippen LogP contribution < -0.4 is 5.32 Å². The maximum absolute atomic E-state index is 12.8. The van der Waals surface area contributed by atoms with Gasteiger partial charge in [-0.1, -0.05) is 11.6 Å². The van der Waals surface area contributed by atoms with E-state index in [0.29, 0.717) is 5.95 Å². The van der Waals surface area contributed by atoms with Gasteiger partial charge in [0.1, 0.15) is 0 Å². The van der Waals surface area contributed by atoms with E-state index in [4.69, 9.17) is 11.6 Å². The molecule has 7 heteroatoms. The van der Waals surface area contributed by atoms with Crippen LogP contribution >= 0.6 is 11.6 Å². The molecule has 0 amide bonds. The first-order valence-corrected chi connectivity index (χ1v) is 5.37. The molecule has 0 aliphatic heterocycles. The van der Waals surface area contributed by atoms with Crippen LogP contribution in [0.1, 0.15) is 5.56 Å². The lowest BCUT2D eigenvalue weighted by molar-refractivity contribution is -0.136. The number of alkyl halides is 3. The third-order valence-corrected chi connectivity index (χ3v) is 2.59. The van der Waals surface area contributed by atoms with E-state index >= 15 is 0 Å². The molecule has 0 fully saturated rings. The van der Waals surface area contributed by atoms with Crippen LogP contribution in [0.3, 0.4) is 0 Å². The van der Waals surface area contributed by atoms with Gasteiger partial charge in [-0.3, -0.25) is 0 Å². The first kappa shape index (κ1) is 12.8. The van der Waals surface area contributed by atoms with Crippen LogP contribution in [0.2, 0.25) is 5.02 Å². The van der Waals surface area contributed by atoms with Crippen molar-refractivity contribution in [2.75, 3.05) is 5.32 Å². The molecule has 0 saturated carbocycles. The second-order valence-electron chi connectivity index (χ2n) is 3.67. The van der Waals surface area contributed by atoms with Crippen LogP contribution in [-0.4, -0.2) is 9.55 Å². The topological polar surface area (TPSA) is 29.9 Å². The molecule has 1 heterocycles. The molecule has 1 aromatic heterocycles. The Bertz CT molecular complexity index is 563. The molecule has 0 unspecified atom stereocenters. The zero-order valence-electron chi connectivity index (χ0n) is 9.29. The van der Waals surface area contributed by atoms with Crippen LogP contribution in [0, 0.1) is 0 Å². The number of nitrogens with zero attached hydrogens (tertiary/aromatic N) is 2. The summed E-state index contributed by atoms with van der Waals surface area (Å²) in [5, 5.41) is 2.66. The van der Waals surface area contributed by atoms with Gasteiger partial charge in [0.15, 0.2) is 0 Å². The van der Waals surface area contributed by atoms with Gasteiger partial charge in [0.25, 0.3) is 0 Å². The van der Waals surface area contributed by atoms with Crippen LogP contribution in [0.15, 0.2) is 30.6 Å². The zero-order valence-corrected chi connectivity index (χ0v) is 10.0. The van der Waals surface area contributed by atoms with Crippen molar-refractivity contribution in [3.8, 4) is 0 Å². The molecule has 0 saturated heterocycles. The number of hydrogen-bond acceptors (Lipinski definition) is 2. The minimum Gasteiger partial charge on any atom is -0.325 e. The van der Waals surface area contributed by atoms with Crippen molar-refractivity contribution in [1.29, 1.82) is 0 Å². The molecule has 0 aliphatic carbocycles. The molecule has 3 nitrogen and oxygen atoms in total. The van der Waals surface area contributed by atoms with Gasteiger partial charge in [-0.15, -0.1) is 0 Å². The van der Waals surface area contributed by atoms with E-state index in [9.17, 15) is 13.2 Å². The second-order valence-corrected chi connectivity index (χ2v) is 4.11. The van der Waals surface area contributed by atoms with Gasteiger partial charge in [-0.25, -0.2) is 4.98 Å². The van der Waals surface area contributed by atoms with Gasteiger partial charge in [0.2, 0.25) is 5.95 Å². The van der Waals surface area contributed by atoms with E-state index in [0.717, 1.165) is 6.07 Å². The molecule has 18 heavy (non-hydrogen) atoms. The number of imidazole rings is 1. The summed E-state index contributed by atoms with van der Waals surface area (Å²) in [6.45, 7) is 0. The lowest BCUT2D eigenvalue weighted by atomic mass is 10.1. The minimum atomic E-state index is -4.47. The number of hydrogen-bond donors (Lipinski definition) is 1. The van der Waals surface area contributed by atoms with Crippen molar-refractivity contribution in [3.63, 3.8) is 0 Å². The Balaban J connectivity index is 2.42. The Morgan fingerprint density at radius 1 is 1.33 bits per heavy atom. The Kier molecular flexibility index (Phi) is 3.21. The third-order valence-electron chi connectivity index (χ3n) is 2.35. The molecule has 0 aliphatic rings. The summed E-state index contributed by atoms with van der Waals surface area (Å²) in [6.07, 6.45) is -1.35. The average Bonchev–Trinajstić information content (AvgIpc) is 2.66. The highest BCUT2D eigenvalue weighted by molar-refractivity contribution is 6.30. The maximum atomic E-state index is 12.8. The minimum absolute atomic E-state index is 0.0349. The predicted octanol–water partition coefficient (Wildman–Crippen LogP) is 3.84. The van der Waals surface area contributed by atoms with Crippen LogP contribution in [-0.2, 0) is 13.2 Å². The summed E-state index contributed by atoms with van der Waals surface area (Å²) in [6, 6.07) is 3.55. The summed E-state index contributed by atoms with van der Waals surface area (Å²) < 4.78 is 40.1. The van der Waals surface area contributed by atoms with E-state index in [1.54, 1.807) is 17.8 Å². The lowest BCUT2D eigenvalue weighted by Gasteiger charge is -2.14. The number of aryl methyl sites for hydroxylation is 1. The van der Waals surface area contributed by atoms with Crippen LogP contribution in [0.5, 0.6) is 0 Å². The van der Waals surface area contributed by atoms with Gasteiger partial charge in [-0.05, 0) is 18.2 Å². The highest BCUT2D eigenvalue weighted by Crippen LogP contribution is 2.37. The molecule has 96 valence electrons. The van der Waals surface area contributed by atoms with Crippen LogP contribution in [0.25, 0.3) is 0 Å². The molecule has 0 radical (unpaired) electrons. The molecular weight excluding hydrogens is 267 g/mol. The van der Waals surface area contributed by atoms with Gasteiger partial charge < -0.3 is 9.88 Å². The molecule has 2 rings (SSSR count). The van der Waals surface area contributed by atoms with Crippen molar-refractivity contribution >= 4 is 23.2 Å². The summed E-state index contributed by atoms with van der Waals surface area (Å²) >= 11 is 5.59. The van der Waals surface area contributed by atoms with Crippen molar-refractivity contribution < 1.29 is 13.2 Å². The van der Waals surface area contributed by atoms with Gasteiger partial charge in [0, 0.05) is 24.5 Å². The number of halogens is 4. The maximum Gasteiger partial charge on any atom is 0.418 e. The van der Waals surface area contributed by atoms with Gasteiger partial charge >= 0.3 is 6.18 Å². The van der Waals surface area contributed by atoms with E-state index in [2.05, 4.69) is 10.3 Å². The summed E-state index contributed by atoms with van der Waals surface area (Å²) in [5.74, 6) is 0.322. The molecular formula is C11H9ClF3N3. The Labute approximate surface area is 106 Å². The first-order chi connectivity index (χ1) is 8.38. The average molecular weight is 276 g/mol. The summed E-state index contributed by atoms with van der Waals surface area (Å²) in [4.78, 5) is 3.91.